The summed E-state index contributed by atoms with van der Waals surface area (Å²) < 4.78 is 17.3. The van der Waals surface area contributed by atoms with Crippen LogP contribution in [0.25, 0.3) is 0 Å². The summed E-state index contributed by atoms with van der Waals surface area (Å²) in [5.41, 5.74) is 1.09. The molecule has 24 heavy (non-hydrogen) atoms. The predicted molar refractivity (Wildman–Crippen MR) is 85.3 cm³/mol. The van der Waals surface area contributed by atoms with Gasteiger partial charge < -0.3 is 18.8 Å². The molecule has 0 aromatic carbocycles. The highest BCUT2D eigenvalue weighted by atomic mass is 16.5. The number of fused-ring (bicyclic) bond motifs is 1. The molecule has 1 saturated heterocycles. The van der Waals surface area contributed by atoms with Gasteiger partial charge in [-0.05, 0) is 42.7 Å². The number of pyridine rings is 1. The van der Waals surface area contributed by atoms with Crippen LogP contribution in [-0.4, -0.2) is 47.2 Å². The molecule has 2 aromatic rings. The van der Waals surface area contributed by atoms with E-state index in [2.05, 4.69) is 4.98 Å². The van der Waals surface area contributed by atoms with Crippen LogP contribution in [0, 0.1) is 0 Å². The van der Waals surface area contributed by atoms with Crippen molar-refractivity contribution in [2.24, 2.45) is 0 Å². The summed E-state index contributed by atoms with van der Waals surface area (Å²) in [6.45, 7) is 1.66. The van der Waals surface area contributed by atoms with Gasteiger partial charge in [-0.25, -0.2) is 0 Å². The Balaban J connectivity index is 1.42. The highest BCUT2D eigenvalue weighted by Gasteiger charge is 2.45. The van der Waals surface area contributed by atoms with Gasteiger partial charge in [0.25, 0.3) is 5.91 Å². The summed E-state index contributed by atoms with van der Waals surface area (Å²) >= 11 is 0. The first-order valence-corrected chi connectivity index (χ1v) is 8.29. The quantitative estimate of drug-likeness (QED) is 0.861. The van der Waals surface area contributed by atoms with Gasteiger partial charge in [0, 0.05) is 18.9 Å². The van der Waals surface area contributed by atoms with Crippen LogP contribution < -0.4 is 0 Å². The smallest absolute Gasteiger partial charge is 0.289 e. The molecule has 1 aliphatic carbocycles. The maximum absolute atomic E-state index is 12.6. The summed E-state index contributed by atoms with van der Waals surface area (Å²) in [6, 6.07) is 7.39. The van der Waals surface area contributed by atoms with Crippen molar-refractivity contribution in [2.45, 2.75) is 37.7 Å². The maximum atomic E-state index is 12.6. The van der Waals surface area contributed by atoms with Crippen LogP contribution >= 0.6 is 0 Å². The average molecular weight is 328 g/mol. The third kappa shape index (κ3) is 2.95. The van der Waals surface area contributed by atoms with Crippen LogP contribution in [0.5, 0.6) is 0 Å². The Labute approximate surface area is 140 Å². The fourth-order valence-corrected chi connectivity index (χ4v) is 3.57. The number of hydrogen-bond donors (Lipinski definition) is 0. The number of morpholine rings is 1. The van der Waals surface area contributed by atoms with E-state index in [1.807, 2.05) is 17.0 Å². The molecule has 0 bridgehead atoms. The van der Waals surface area contributed by atoms with Gasteiger partial charge in [0.15, 0.2) is 5.76 Å². The molecule has 1 aliphatic heterocycles. The summed E-state index contributed by atoms with van der Waals surface area (Å²) in [4.78, 5) is 18.5. The number of amides is 1. The molecule has 6 heteroatoms. The van der Waals surface area contributed by atoms with E-state index in [4.69, 9.17) is 13.9 Å². The van der Waals surface area contributed by atoms with Crippen LogP contribution in [0.15, 0.2) is 47.3 Å². The van der Waals surface area contributed by atoms with Gasteiger partial charge in [0.05, 0.1) is 31.6 Å². The van der Waals surface area contributed by atoms with E-state index >= 15 is 0 Å². The lowest BCUT2D eigenvalue weighted by molar-refractivity contribution is -0.108. The van der Waals surface area contributed by atoms with Crippen molar-refractivity contribution in [3.63, 3.8) is 0 Å². The largest absolute Gasteiger partial charge is 0.459 e. The molecule has 0 radical (unpaired) electrons. The minimum absolute atomic E-state index is 0.00960. The summed E-state index contributed by atoms with van der Waals surface area (Å²) in [5, 5.41) is 0. The van der Waals surface area contributed by atoms with E-state index in [-0.39, 0.29) is 24.2 Å². The Morgan fingerprint density at radius 1 is 1.29 bits per heavy atom. The molecular weight excluding hydrogens is 308 g/mol. The lowest BCUT2D eigenvalue weighted by atomic mass is 10.1. The number of aromatic nitrogens is 1. The minimum atomic E-state index is -0.0699. The van der Waals surface area contributed by atoms with Crippen molar-refractivity contribution in [3.8, 4) is 0 Å². The zero-order valence-electron chi connectivity index (χ0n) is 13.3. The van der Waals surface area contributed by atoms with Crippen LogP contribution in [0.3, 0.4) is 0 Å². The Kier molecular flexibility index (Phi) is 4.32. The molecule has 2 aromatic heterocycles. The number of furan rings is 1. The second kappa shape index (κ2) is 6.75. The van der Waals surface area contributed by atoms with Gasteiger partial charge in [-0.1, -0.05) is 0 Å². The van der Waals surface area contributed by atoms with Crippen molar-refractivity contribution in [1.82, 2.24) is 9.88 Å². The molecule has 2 fully saturated rings. The van der Waals surface area contributed by atoms with E-state index in [9.17, 15) is 4.79 Å². The number of hydrogen-bond acceptors (Lipinski definition) is 5. The normalized spacial score (nSPS) is 26.3. The summed E-state index contributed by atoms with van der Waals surface area (Å²) in [7, 11) is 0. The van der Waals surface area contributed by atoms with E-state index in [1.54, 1.807) is 24.5 Å². The lowest BCUT2D eigenvalue weighted by Gasteiger charge is -2.38. The van der Waals surface area contributed by atoms with Crippen molar-refractivity contribution in [2.75, 3.05) is 13.2 Å². The molecule has 2 aliphatic rings. The topological polar surface area (TPSA) is 64.8 Å². The second-order valence-electron chi connectivity index (χ2n) is 6.16. The molecule has 0 N–H and O–H groups in total. The number of carbonyl (C=O) groups is 1. The Morgan fingerprint density at radius 2 is 2.17 bits per heavy atom. The van der Waals surface area contributed by atoms with Crippen molar-refractivity contribution >= 4 is 5.91 Å². The molecule has 4 rings (SSSR count). The number of nitrogens with zero attached hydrogens (tertiary/aromatic N) is 2. The van der Waals surface area contributed by atoms with E-state index in [1.165, 1.54) is 6.26 Å². The fourth-order valence-electron chi connectivity index (χ4n) is 3.57. The van der Waals surface area contributed by atoms with Crippen LogP contribution in [0.4, 0.5) is 0 Å². The molecule has 0 unspecified atom stereocenters. The molecule has 6 nitrogen and oxygen atoms in total. The molecule has 3 atom stereocenters. The first-order valence-electron chi connectivity index (χ1n) is 8.29. The SMILES string of the molecule is O=C(c1ccco1)N1CCO[C@H]2[C@@H](OCc3ccncc3)CC[C@@H]21. The second-order valence-corrected chi connectivity index (χ2v) is 6.16. The van der Waals surface area contributed by atoms with Crippen LogP contribution in [0.1, 0.15) is 29.0 Å². The van der Waals surface area contributed by atoms with Gasteiger partial charge in [-0.3, -0.25) is 9.78 Å². The fraction of sp³-hybridized carbons (Fsp3) is 0.444. The summed E-state index contributed by atoms with van der Waals surface area (Å²) in [5.74, 6) is 0.324. The Bertz CT molecular complexity index is 674. The van der Waals surface area contributed by atoms with Crippen LogP contribution in [-0.2, 0) is 16.1 Å². The minimum Gasteiger partial charge on any atom is -0.459 e. The first kappa shape index (κ1) is 15.4. The average Bonchev–Trinajstić information content (AvgIpc) is 3.30. The Morgan fingerprint density at radius 3 is 2.96 bits per heavy atom. The highest BCUT2D eigenvalue weighted by molar-refractivity contribution is 5.91. The van der Waals surface area contributed by atoms with Crippen molar-refractivity contribution in [3.05, 3.63) is 54.2 Å². The third-order valence-electron chi connectivity index (χ3n) is 4.74. The monoisotopic (exact) mass is 328 g/mol. The number of carbonyl (C=O) groups excluding carboxylic acids is 1. The summed E-state index contributed by atoms with van der Waals surface area (Å²) in [6.07, 6.45) is 6.77. The maximum Gasteiger partial charge on any atom is 0.289 e. The third-order valence-corrected chi connectivity index (χ3v) is 4.74. The van der Waals surface area contributed by atoms with E-state index in [0.29, 0.717) is 25.5 Å². The molecule has 126 valence electrons. The highest BCUT2D eigenvalue weighted by Crippen LogP contribution is 2.33. The lowest BCUT2D eigenvalue weighted by Crippen LogP contribution is -2.53. The number of ether oxygens (including phenoxy) is 2. The first-order chi connectivity index (χ1) is 11.8. The Hall–Kier alpha value is -2.18. The van der Waals surface area contributed by atoms with Gasteiger partial charge in [-0.2, -0.15) is 0 Å². The molecule has 3 heterocycles. The zero-order chi connectivity index (χ0) is 16.4. The van der Waals surface area contributed by atoms with Crippen molar-refractivity contribution < 1.29 is 18.7 Å². The zero-order valence-corrected chi connectivity index (χ0v) is 13.3. The molecule has 1 amide bonds. The molecular formula is C18H20N2O4. The van der Waals surface area contributed by atoms with Gasteiger partial charge in [-0.15, -0.1) is 0 Å². The van der Waals surface area contributed by atoms with Gasteiger partial charge >= 0.3 is 0 Å². The number of rotatable bonds is 4. The van der Waals surface area contributed by atoms with Gasteiger partial charge in [0.2, 0.25) is 0 Å². The van der Waals surface area contributed by atoms with Crippen molar-refractivity contribution in [1.29, 1.82) is 0 Å². The molecule has 1 saturated carbocycles. The van der Waals surface area contributed by atoms with E-state index < -0.39 is 0 Å². The predicted octanol–water partition coefficient (Wildman–Crippen LogP) is 2.26. The standard InChI is InChI=1S/C18H20N2O4/c21-18(16-2-1-10-22-16)20-9-11-23-17-14(20)3-4-15(17)24-12-13-5-7-19-8-6-13/h1-2,5-8,10,14-15,17H,3-4,9,11-12H2/t14-,15-,17+/m0/s1. The van der Waals surface area contributed by atoms with Crippen LogP contribution in [0.2, 0.25) is 0 Å². The van der Waals surface area contributed by atoms with E-state index in [0.717, 1.165) is 18.4 Å². The molecule has 0 spiro atoms. The van der Waals surface area contributed by atoms with Gasteiger partial charge in [0.1, 0.15) is 6.10 Å².